The van der Waals surface area contributed by atoms with E-state index in [1.165, 1.54) is 0 Å². The molecule has 162 valence electrons. The SMILES string of the molecule is COc1ccc(S(=O)(=O)N2CCC(c3cc(Nc4cnccn4)cc(C)n3)CC2)cc1. The first-order valence-electron chi connectivity index (χ1n) is 10.1. The van der Waals surface area contributed by atoms with Crippen molar-refractivity contribution < 1.29 is 13.2 Å². The van der Waals surface area contributed by atoms with E-state index in [2.05, 4.69) is 15.3 Å². The lowest BCUT2D eigenvalue weighted by Gasteiger charge is -2.31. The molecule has 2 aromatic heterocycles. The predicted octanol–water partition coefficient (Wildman–Crippen LogP) is 3.50. The molecule has 4 rings (SSSR count). The van der Waals surface area contributed by atoms with Crippen molar-refractivity contribution >= 4 is 21.5 Å². The van der Waals surface area contributed by atoms with Crippen LogP contribution in [0.15, 0.2) is 59.9 Å². The van der Waals surface area contributed by atoms with Crippen LogP contribution < -0.4 is 10.1 Å². The van der Waals surface area contributed by atoms with E-state index >= 15 is 0 Å². The van der Waals surface area contributed by atoms with Crippen LogP contribution in [0, 0.1) is 6.92 Å². The number of rotatable bonds is 6. The Bertz CT molecular complexity index is 1130. The minimum Gasteiger partial charge on any atom is -0.497 e. The fourth-order valence-electron chi connectivity index (χ4n) is 3.78. The molecule has 1 aliphatic rings. The number of ether oxygens (including phenoxy) is 1. The maximum atomic E-state index is 13.0. The van der Waals surface area contributed by atoms with Crippen molar-refractivity contribution in [2.24, 2.45) is 0 Å². The van der Waals surface area contributed by atoms with Gasteiger partial charge < -0.3 is 10.1 Å². The molecule has 1 N–H and O–H groups in total. The molecule has 0 radical (unpaired) electrons. The average Bonchev–Trinajstić information content (AvgIpc) is 2.79. The summed E-state index contributed by atoms with van der Waals surface area (Å²) in [7, 11) is -1.96. The minimum absolute atomic E-state index is 0.199. The van der Waals surface area contributed by atoms with Crippen molar-refractivity contribution in [1.82, 2.24) is 19.3 Å². The van der Waals surface area contributed by atoms with Gasteiger partial charge in [0.25, 0.3) is 0 Å². The fraction of sp³-hybridized carbons (Fsp3) is 0.318. The van der Waals surface area contributed by atoms with Crippen molar-refractivity contribution in [3.63, 3.8) is 0 Å². The Labute approximate surface area is 182 Å². The number of piperidine rings is 1. The van der Waals surface area contributed by atoms with Gasteiger partial charge in [-0.2, -0.15) is 4.31 Å². The largest absolute Gasteiger partial charge is 0.497 e. The lowest BCUT2D eigenvalue weighted by atomic mass is 9.93. The molecule has 31 heavy (non-hydrogen) atoms. The van der Waals surface area contributed by atoms with Crippen LogP contribution in [0.3, 0.4) is 0 Å². The topological polar surface area (TPSA) is 97.3 Å². The standard InChI is InChI=1S/C22H25N5O3S/c1-16-13-18(26-22-15-23-9-10-24-22)14-21(25-16)17-7-11-27(12-8-17)31(28,29)20-5-3-19(30-2)4-6-20/h3-6,9-10,13-15,17H,7-8,11-12H2,1-2H3,(H,24,25,26). The number of nitrogens with one attached hydrogen (secondary N) is 1. The van der Waals surface area contributed by atoms with E-state index in [9.17, 15) is 8.42 Å². The van der Waals surface area contributed by atoms with Gasteiger partial charge in [-0.25, -0.2) is 13.4 Å². The molecule has 0 aliphatic carbocycles. The van der Waals surface area contributed by atoms with Crippen molar-refractivity contribution in [1.29, 1.82) is 0 Å². The molecule has 0 amide bonds. The lowest BCUT2D eigenvalue weighted by molar-refractivity contribution is 0.316. The summed E-state index contributed by atoms with van der Waals surface area (Å²) in [5.74, 6) is 1.50. The third kappa shape index (κ3) is 4.83. The maximum absolute atomic E-state index is 13.0. The normalized spacial score (nSPS) is 15.5. The van der Waals surface area contributed by atoms with Crippen molar-refractivity contribution in [2.45, 2.75) is 30.6 Å². The highest BCUT2D eigenvalue weighted by molar-refractivity contribution is 7.89. The highest BCUT2D eigenvalue weighted by atomic mass is 32.2. The Kier molecular flexibility index (Phi) is 6.15. The number of hydrogen-bond donors (Lipinski definition) is 1. The molecule has 0 saturated carbocycles. The minimum atomic E-state index is -3.52. The summed E-state index contributed by atoms with van der Waals surface area (Å²) in [6.45, 7) is 2.87. The number of benzene rings is 1. The Morgan fingerprint density at radius 2 is 1.84 bits per heavy atom. The molecule has 0 bridgehead atoms. The molecule has 3 aromatic rings. The first kappa shape index (κ1) is 21.2. The van der Waals surface area contributed by atoms with E-state index in [1.54, 1.807) is 54.3 Å². The molecule has 1 saturated heterocycles. The molecule has 1 aromatic carbocycles. The molecule has 1 fully saturated rings. The quantitative estimate of drug-likeness (QED) is 0.628. The van der Waals surface area contributed by atoms with Gasteiger partial charge in [0.05, 0.1) is 18.2 Å². The van der Waals surface area contributed by atoms with Crippen molar-refractivity contribution in [3.8, 4) is 5.75 Å². The molecule has 3 heterocycles. The zero-order chi connectivity index (χ0) is 21.8. The monoisotopic (exact) mass is 439 g/mol. The van der Waals surface area contributed by atoms with Gasteiger partial charge in [0, 0.05) is 48.5 Å². The summed E-state index contributed by atoms with van der Waals surface area (Å²) in [4.78, 5) is 13.3. The molecular weight excluding hydrogens is 414 g/mol. The summed E-state index contributed by atoms with van der Waals surface area (Å²) < 4.78 is 32.7. The summed E-state index contributed by atoms with van der Waals surface area (Å²) in [5, 5.41) is 3.26. The Hall–Kier alpha value is -3.04. The number of aromatic nitrogens is 3. The zero-order valence-corrected chi connectivity index (χ0v) is 18.3. The number of methoxy groups -OCH3 is 1. The second-order valence-electron chi connectivity index (χ2n) is 7.49. The second-order valence-corrected chi connectivity index (χ2v) is 9.43. The van der Waals surface area contributed by atoms with Gasteiger partial charge in [-0.3, -0.25) is 9.97 Å². The molecule has 0 unspecified atom stereocenters. The maximum Gasteiger partial charge on any atom is 0.243 e. The molecule has 1 aliphatic heterocycles. The van der Waals surface area contributed by atoms with Gasteiger partial charge in [-0.1, -0.05) is 0 Å². The van der Waals surface area contributed by atoms with Crippen LogP contribution >= 0.6 is 0 Å². The summed E-state index contributed by atoms with van der Waals surface area (Å²) in [5.41, 5.74) is 2.77. The summed E-state index contributed by atoms with van der Waals surface area (Å²) in [6.07, 6.45) is 6.36. The Morgan fingerprint density at radius 1 is 1.10 bits per heavy atom. The first-order chi connectivity index (χ1) is 15.0. The van der Waals surface area contributed by atoms with Gasteiger partial charge in [0.15, 0.2) is 0 Å². The van der Waals surface area contributed by atoms with Gasteiger partial charge in [0.2, 0.25) is 10.0 Å². The third-order valence-electron chi connectivity index (χ3n) is 5.38. The number of sulfonamides is 1. The molecule has 0 spiro atoms. The Morgan fingerprint density at radius 3 is 2.48 bits per heavy atom. The lowest BCUT2D eigenvalue weighted by Crippen LogP contribution is -2.38. The van der Waals surface area contributed by atoms with Crippen molar-refractivity contribution in [3.05, 3.63) is 66.4 Å². The van der Waals surface area contributed by atoms with E-state index in [0.717, 1.165) is 29.9 Å². The van der Waals surface area contributed by atoms with Crippen LogP contribution in [0.4, 0.5) is 11.5 Å². The van der Waals surface area contributed by atoms with Crippen molar-refractivity contribution in [2.75, 3.05) is 25.5 Å². The number of nitrogens with zero attached hydrogens (tertiary/aromatic N) is 4. The highest BCUT2D eigenvalue weighted by Gasteiger charge is 2.30. The molecule has 9 heteroatoms. The summed E-state index contributed by atoms with van der Waals surface area (Å²) >= 11 is 0. The smallest absolute Gasteiger partial charge is 0.243 e. The van der Waals surface area contributed by atoms with Crippen LogP contribution in [0.5, 0.6) is 5.75 Å². The molecular formula is C22H25N5O3S. The number of pyridine rings is 1. The van der Waals surface area contributed by atoms with Crippen LogP contribution in [0.2, 0.25) is 0 Å². The van der Waals surface area contributed by atoms with Gasteiger partial charge in [-0.15, -0.1) is 0 Å². The van der Waals surface area contributed by atoms with Crippen LogP contribution in [0.25, 0.3) is 0 Å². The number of hydrogen-bond acceptors (Lipinski definition) is 7. The van der Waals surface area contributed by atoms with Crippen LogP contribution in [-0.2, 0) is 10.0 Å². The van der Waals surface area contributed by atoms with Gasteiger partial charge >= 0.3 is 0 Å². The van der Waals surface area contributed by atoms with E-state index < -0.39 is 10.0 Å². The van der Waals surface area contributed by atoms with Gasteiger partial charge in [-0.05, 0) is 56.2 Å². The highest BCUT2D eigenvalue weighted by Crippen LogP contribution is 2.32. The first-order valence-corrected chi connectivity index (χ1v) is 11.6. The molecule has 0 atom stereocenters. The van der Waals surface area contributed by atoms with E-state index in [-0.39, 0.29) is 10.8 Å². The van der Waals surface area contributed by atoms with E-state index in [1.807, 2.05) is 19.1 Å². The molecule has 8 nitrogen and oxygen atoms in total. The average molecular weight is 440 g/mol. The van der Waals surface area contributed by atoms with Crippen LogP contribution in [-0.4, -0.2) is 47.9 Å². The predicted molar refractivity (Wildman–Crippen MR) is 118 cm³/mol. The van der Waals surface area contributed by atoms with Gasteiger partial charge in [0.1, 0.15) is 11.6 Å². The second kappa shape index (κ2) is 8.99. The third-order valence-corrected chi connectivity index (χ3v) is 7.29. The Balaban J connectivity index is 1.45. The van der Waals surface area contributed by atoms with E-state index in [4.69, 9.17) is 9.72 Å². The summed E-state index contributed by atoms with van der Waals surface area (Å²) in [6, 6.07) is 10.5. The number of aryl methyl sites for hydroxylation is 1. The van der Waals surface area contributed by atoms with E-state index in [0.29, 0.717) is 24.7 Å². The number of anilines is 2. The fourth-order valence-corrected chi connectivity index (χ4v) is 5.25. The van der Waals surface area contributed by atoms with Crippen LogP contribution in [0.1, 0.15) is 30.1 Å². The zero-order valence-electron chi connectivity index (χ0n) is 17.5.